The highest BCUT2D eigenvalue weighted by atomic mass is 35.5. The summed E-state index contributed by atoms with van der Waals surface area (Å²) in [5.41, 5.74) is 1.02. The van der Waals surface area contributed by atoms with Gasteiger partial charge in [-0.15, -0.1) is 0 Å². The molecule has 14 heavy (non-hydrogen) atoms. The fourth-order valence-corrected chi connectivity index (χ4v) is 0.996. The fraction of sp³-hybridized carbons (Fsp3) is 0. The molecule has 0 bridgehead atoms. The van der Waals surface area contributed by atoms with Crippen molar-refractivity contribution >= 4 is 17.5 Å². The second kappa shape index (κ2) is 4.63. The molecule has 1 aromatic rings. The van der Waals surface area contributed by atoms with Crippen LogP contribution in [0.2, 0.25) is 5.02 Å². The van der Waals surface area contributed by atoms with Gasteiger partial charge in [0, 0.05) is 16.3 Å². The highest BCUT2D eigenvalue weighted by Crippen LogP contribution is 2.09. The van der Waals surface area contributed by atoms with Gasteiger partial charge in [0.05, 0.1) is 0 Å². The van der Waals surface area contributed by atoms with Gasteiger partial charge in [-0.1, -0.05) is 24.8 Å². The van der Waals surface area contributed by atoms with E-state index in [0.29, 0.717) is 16.3 Å². The molecule has 1 amide bonds. The summed E-state index contributed by atoms with van der Waals surface area (Å²) in [6, 6.07) is 6.61. The molecular weight excluding hydrogens is 198 g/mol. The smallest absolute Gasteiger partial charge is 0.255 e. The number of allylic oxidation sites excluding steroid dienone is 1. The van der Waals surface area contributed by atoms with E-state index in [1.165, 1.54) is 6.08 Å². The number of halogens is 1. The normalized spacial score (nSPS) is 9.21. The molecule has 1 rings (SSSR count). The van der Waals surface area contributed by atoms with Crippen molar-refractivity contribution in [2.75, 3.05) is 0 Å². The van der Waals surface area contributed by atoms with Crippen molar-refractivity contribution in [1.29, 1.82) is 0 Å². The summed E-state index contributed by atoms with van der Waals surface area (Å²) in [6.45, 7) is 7.07. The highest BCUT2D eigenvalue weighted by Gasteiger charge is 2.04. The lowest BCUT2D eigenvalue weighted by Crippen LogP contribution is -2.20. The predicted octanol–water partition coefficient (Wildman–Crippen LogP) is 2.77. The average molecular weight is 208 g/mol. The first kappa shape index (κ1) is 10.5. The maximum atomic E-state index is 11.5. The highest BCUT2D eigenvalue weighted by molar-refractivity contribution is 6.30. The summed E-state index contributed by atoms with van der Waals surface area (Å²) in [7, 11) is 0. The van der Waals surface area contributed by atoms with Crippen LogP contribution in [0, 0.1) is 0 Å². The number of amides is 1. The van der Waals surface area contributed by atoms with Crippen LogP contribution in [0.1, 0.15) is 10.4 Å². The molecule has 0 heterocycles. The van der Waals surface area contributed by atoms with Crippen molar-refractivity contribution in [2.24, 2.45) is 0 Å². The maximum absolute atomic E-state index is 11.5. The summed E-state index contributed by atoms with van der Waals surface area (Å²) < 4.78 is 0. The zero-order chi connectivity index (χ0) is 10.6. The Morgan fingerprint density at radius 1 is 1.36 bits per heavy atom. The van der Waals surface area contributed by atoms with Crippen molar-refractivity contribution in [3.8, 4) is 0 Å². The molecule has 3 heteroatoms. The minimum absolute atomic E-state index is 0.216. The summed E-state index contributed by atoms with van der Waals surface area (Å²) in [5, 5.41) is 3.17. The van der Waals surface area contributed by atoms with E-state index in [0.717, 1.165) is 0 Å². The molecule has 0 aliphatic rings. The predicted molar refractivity (Wildman–Crippen MR) is 58.3 cm³/mol. The molecule has 1 N–H and O–H groups in total. The number of rotatable bonds is 3. The monoisotopic (exact) mass is 207 g/mol. The molecule has 0 aliphatic heterocycles. The average Bonchev–Trinajstić information content (AvgIpc) is 2.18. The van der Waals surface area contributed by atoms with Gasteiger partial charge in [-0.3, -0.25) is 4.79 Å². The van der Waals surface area contributed by atoms with Gasteiger partial charge in [-0.25, -0.2) is 0 Å². The van der Waals surface area contributed by atoms with Crippen LogP contribution in [0.4, 0.5) is 0 Å². The molecule has 0 fully saturated rings. The molecule has 0 saturated carbocycles. The van der Waals surface area contributed by atoms with Gasteiger partial charge in [0.25, 0.3) is 5.91 Å². The van der Waals surface area contributed by atoms with E-state index in [4.69, 9.17) is 11.6 Å². The van der Waals surface area contributed by atoms with E-state index < -0.39 is 0 Å². The van der Waals surface area contributed by atoms with Crippen LogP contribution in [-0.2, 0) is 0 Å². The van der Waals surface area contributed by atoms with Crippen LogP contribution in [0.5, 0.6) is 0 Å². The minimum atomic E-state index is -0.216. The summed E-state index contributed by atoms with van der Waals surface area (Å²) in [6.07, 6.45) is 1.48. The lowest BCUT2D eigenvalue weighted by Gasteiger charge is -2.03. The summed E-state index contributed by atoms with van der Waals surface area (Å²) >= 11 is 5.68. The molecule has 0 atom stereocenters. The van der Waals surface area contributed by atoms with Gasteiger partial charge < -0.3 is 5.32 Å². The first-order chi connectivity index (χ1) is 6.63. The maximum Gasteiger partial charge on any atom is 0.255 e. The quantitative estimate of drug-likeness (QED) is 0.759. The van der Waals surface area contributed by atoms with Crippen LogP contribution in [0.15, 0.2) is 49.2 Å². The number of hydrogen-bond acceptors (Lipinski definition) is 1. The third-order valence-corrected chi connectivity index (χ3v) is 1.88. The third kappa shape index (κ3) is 2.75. The summed E-state index contributed by atoms with van der Waals surface area (Å²) in [4.78, 5) is 11.5. The Morgan fingerprint density at radius 2 is 1.93 bits per heavy atom. The van der Waals surface area contributed by atoms with Gasteiger partial charge in [0.15, 0.2) is 0 Å². The first-order valence-electron chi connectivity index (χ1n) is 4.01. The van der Waals surface area contributed by atoms with Crippen LogP contribution < -0.4 is 5.32 Å². The van der Waals surface area contributed by atoms with Crippen molar-refractivity contribution in [2.45, 2.75) is 0 Å². The van der Waals surface area contributed by atoms with Crippen LogP contribution >= 0.6 is 11.6 Å². The Morgan fingerprint density at radius 3 is 2.43 bits per heavy atom. The molecule has 0 aliphatic carbocycles. The van der Waals surface area contributed by atoms with E-state index in [2.05, 4.69) is 18.5 Å². The minimum Gasteiger partial charge on any atom is -0.323 e. The lowest BCUT2D eigenvalue weighted by molar-refractivity contribution is 0.0967. The molecule has 0 spiro atoms. The Labute approximate surface area is 87.9 Å². The number of carbonyl (C=O) groups is 1. The Kier molecular flexibility index (Phi) is 3.48. The molecule has 0 saturated heterocycles. The van der Waals surface area contributed by atoms with E-state index in [9.17, 15) is 4.79 Å². The SMILES string of the molecule is C=CC(=C)NC(=O)c1ccc(Cl)cc1. The molecule has 72 valence electrons. The fourth-order valence-electron chi connectivity index (χ4n) is 0.870. The molecule has 1 aromatic carbocycles. The second-order valence-electron chi connectivity index (χ2n) is 2.69. The zero-order valence-corrected chi connectivity index (χ0v) is 8.34. The van der Waals surface area contributed by atoms with E-state index >= 15 is 0 Å². The summed E-state index contributed by atoms with van der Waals surface area (Å²) in [5.74, 6) is -0.216. The van der Waals surface area contributed by atoms with Gasteiger partial charge in [-0.2, -0.15) is 0 Å². The van der Waals surface area contributed by atoms with Crippen molar-refractivity contribution < 1.29 is 4.79 Å². The number of hydrogen-bond donors (Lipinski definition) is 1. The van der Waals surface area contributed by atoms with Crippen LogP contribution in [0.25, 0.3) is 0 Å². The van der Waals surface area contributed by atoms with Crippen molar-refractivity contribution in [3.05, 3.63) is 59.8 Å². The largest absolute Gasteiger partial charge is 0.323 e. The van der Waals surface area contributed by atoms with E-state index in [1.54, 1.807) is 24.3 Å². The van der Waals surface area contributed by atoms with Gasteiger partial charge >= 0.3 is 0 Å². The molecule has 0 unspecified atom stereocenters. The van der Waals surface area contributed by atoms with E-state index in [-0.39, 0.29) is 5.91 Å². The Bertz CT molecular complexity index is 367. The van der Waals surface area contributed by atoms with Gasteiger partial charge in [0.1, 0.15) is 0 Å². The standard InChI is InChI=1S/C11H10ClNO/c1-3-8(2)13-11(14)9-4-6-10(12)7-5-9/h3-7H,1-2H2,(H,13,14). The Balaban J connectivity index is 2.75. The number of benzene rings is 1. The molecule has 0 radical (unpaired) electrons. The van der Waals surface area contributed by atoms with Crippen molar-refractivity contribution in [1.82, 2.24) is 5.32 Å². The van der Waals surface area contributed by atoms with E-state index in [1.807, 2.05) is 0 Å². The van der Waals surface area contributed by atoms with Crippen LogP contribution in [-0.4, -0.2) is 5.91 Å². The lowest BCUT2D eigenvalue weighted by atomic mass is 10.2. The molecule has 0 aromatic heterocycles. The van der Waals surface area contributed by atoms with Gasteiger partial charge in [0.2, 0.25) is 0 Å². The molecular formula is C11H10ClNO. The number of nitrogens with one attached hydrogen (secondary N) is 1. The molecule has 2 nitrogen and oxygen atoms in total. The zero-order valence-electron chi connectivity index (χ0n) is 7.59. The third-order valence-electron chi connectivity index (χ3n) is 1.63. The Hall–Kier alpha value is -1.54. The van der Waals surface area contributed by atoms with Gasteiger partial charge in [-0.05, 0) is 30.3 Å². The van der Waals surface area contributed by atoms with Crippen LogP contribution in [0.3, 0.4) is 0 Å². The second-order valence-corrected chi connectivity index (χ2v) is 3.13. The first-order valence-corrected chi connectivity index (χ1v) is 4.39. The van der Waals surface area contributed by atoms with Crippen molar-refractivity contribution in [3.63, 3.8) is 0 Å². The number of carbonyl (C=O) groups excluding carboxylic acids is 1. The topological polar surface area (TPSA) is 29.1 Å².